The van der Waals surface area contributed by atoms with Crippen molar-refractivity contribution >= 4 is 29.5 Å². The Bertz CT molecular complexity index is 1040. The van der Waals surface area contributed by atoms with Gasteiger partial charge in [-0.2, -0.15) is 0 Å². The summed E-state index contributed by atoms with van der Waals surface area (Å²) in [5, 5.41) is 0.624. The SMILES string of the molecule is CSc1ncc(C(=O)OCN2C(=O)c3ccccc3C2=O)n1-c1ccccc1. The second kappa shape index (κ2) is 7.32. The summed E-state index contributed by atoms with van der Waals surface area (Å²) in [7, 11) is 0. The number of aromatic nitrogens is 2. The number of benzene rings is 2. The molecule has 1 aliphatic heterocycles. The van der Waals surface area contributed by atoms with Gasteiger partial charge in [0.15, 0.2) is 17.6 Å². The summed E-state index contributed by atoms with van der Waals surface area (Å²) < 4.78 is 6.96. The summed E-state index contributed by atoms with van der Waals surface area (Å²) in [6.45, 7) is -0.459. The third kappa shape index (κ3) is 2.97. The van der Waals surface area contributed by atoms with Gasteiger partial charge in [0.25, 0.3) is 11.8 Å². The molecule has 8 heteroatoms. The van der Waals surface area contributed by atoms with Gasteiger partial charge in [0.05, 0.1) is 17.3 Å². The largest absolute Gasteiger partial charge is 0.439 e. The standard InChI is InChI=1S/C20H15N3O4S/c1-28-20-21-11-16(23(20)13-7-3-2-4-8-13)19(26)27-12-22-17(24)14-9-5-6-10-15(14)18(22)25/h2-11H,12H2,1H3. The van der Waals surface area contributed by atoms with Crippen molar-refractivity contribution in [3.05, 3.63) is 77.6 Å². The Balaban J connectivity index is 1.55. The van der Waals surface area contributed by atoms with Gasteiger partial charge in [-0.25, -0.2) is 14.7 Å². The van der Waals surface area contributed by atoms with Crippen molar-refractivity contribution < 1.29 is 19.1 Å². The predicted octanol–water partition coefficient (Wildman–Crippen LogP) is 3.00. The maximum absolute atomic E-state index is 12.7. The van der Waals surface area contributed by atoms with Crippen molar-refractivity contribution in [2.45, 2.75) is 5.16 Å². The van der Waals surface area contributed by atoms with Crippen LogP contribution in [0.3, 0.4) is 0 Å². The maximum atomic E-state index is 12.7. The van der Waals surface area contributed by atoms with Gasteiger partial charge in [-0.1, -0.05) is 42.1 Å². The Labute approximate surface area is 164 Å². The zero-order valence-electron chi connectivity index (χ0n) is 14.9. The van der Waals surface area contributed by atoms with E-state index >= 15 is 0 Å². The number of esters is 1. The van der Waals surface area contributed by atoms with Crippen LogP contribution in [0, 0.1) is 0 Å². The Hall–Kier alpha value is -3.39. The highest BCUT2D eigenvalue weighted by molar-refractivity contribution is 7.98. The topological polar surface area (TPSA) is 81.5 Å². The van der Waals surface area contributed by atoms with Crippen LogP contribution in [-0.2, 0) is 4.74 Å². The van der Waals surface area contributed by atoms with E-state index in [0.717, 1.165) is 10.6 Å². The zero-order chi connectivity index (χ0) is 19.7. The highest BCUT2D eigenvalue weighted by Gasteiger charge is 2.36. The molecule has 0 atom stereocenters. The molecule has 140 valence electrons. The van der Waals surface area contributed by atoms with Crippen LogP contribution in [0.15, 0.2) is 66.0 Å². The highest BCUT2D eigenvalue weighted by atomic mass is 32.2. The number of thioether (sulfide) groups is 1. The molecule has 2 aromatic carbocycles. The number of carbonyl (C=O) groups is 3. The lowest BCUT2D eigenvalue weighted by atomic mass is 10.1. The molecule has 3 aromatic rings. The Kier molecular flexibility index (Phi) is 4.70. The molecule has 0 radical (unpaired) electrons. The Morgan fingerprint density at radius 3 is 2.21 bits per heavy atom. The molecule has 0 saturated carbocycles. The minimum absolute atomic E-state index is 0.215. The Morgan fingerprint density at radius 2 is 1.61 bits per heavy atom. The van der Waals surface area contributed by atoms with Gasteiger partial charge in [-0.05, 0) is 30.5 Å². The third-order valence-corrected chi connectivity index (χ3v) is 4.99. The summed E-state index contributed by atoms with van der Waals surface area (Å²) in [5.41, 5.74) is 1.59. The smallest absolute Gasteiger partial charge is 0.358 e. The molecule has 28 heavy (non-hydrogen) atoms. The first-order chi connectivity index (χ1) is 13.6. The number of amides is 2. The molecule has 0 aliphatic carbocycles. The maximum Gasteiger partial charge on any atom is 0.358 e. The molecular formula is C20H15N3O4S. The van der Waals surface area contributed by atoms with Gasteiger partial charge in [-0.15, -0.1) is 0 Å². The monoisotopic (exact) mass is 393 g/mol. The van der Waals surface area contributed by atoms with Crippen molar-refractivity contribution in [1.82, 2.24) is 14.5 Å². The number of carbonyl (C=O) groups excluding carboxylic acids is 3. The van der Waals surface area contributed by atoms with Gasteiger partial charge >= 0.3 is 5.97 Å². The van der Waals surface area contributed by atoms with E-state index in [9.17, 15) is 14.4 Å². The van der Waals surface area contributed by atoms with Crippen molar-refractivity contribution in [2.75, 3.05) is 13.0 Å². The average Bonchev–Trinajstić information content (AvgIpc) is 3.27. The van der Waals surface area contributed by atoms with E-state index in [1.165, 1.54) is 18.0 Å². The molecular weight excluding hydrogens is 378 g/mol. The number of para-hydroxylation sites is 1. The fourth-order valence-electron chi connectivity index (χ4n) is 3.00. The lowest BCUT2D eigenvalue weighted by Gasteiger charge is -2.15. The van der Waals surface area contributed by atoms with Gasteiger partial charge in [0, 0.05) is 5.69 Å². The van der Waals surface area contributed by atoms with Crippen LogP contribution in [-0.4, -0.2) is 45.2 Å². The Morgan fingerprint density at radius 1 is 1.00 bits per heavy atom. The van der Waals surface area contributed by atoms with Crippen molar-refractivity contribution in [2.24, 2.45) is 0 Å². The van der Waals surface area contributed by atoms with Crippen LogP contribution in [0.1, 0.15) is 31.2 Å². The predicted molar refractivity (Wildman–Crippen MR) is 103 cm³/mol. The molecule has 2 amide bonds. The quantitative estimate of drug-likeness (QED) is 0.377. The molecule has 7 nitrogen and oxygen atoms in total. The second-order valence-electron chi connectivity index (χ2n) is 5.95. The minimum Gasteiger partial charge on any atom is -0.439 e. The molecule has 0 unspecified atom stereocenters. The van der Waals surface area contributed by atoms with Crippen molar-refractivity contribution in [3.63, 3.8) is 0 Å². The molecule has 1 aliphatic rings. The summed E-state index contributed by atoms with van der Waals surface area (Å²) >= 11 is 1.39. The van der Waals surface area contributed by atoms with E-state index in [1.54, 1.807) is 28.8 Å². The average molecular weight is 393 g/mol. The van der Waals surface area contributed by atoms with Crippen LogP contribution in [0.4, 0.5) is 0 Å². The molecule has 0 N–H and O–H groups in total. The van der Waals surface area contributed by atoms with Gasteiger partial charge in [0.1, 0.15) is 0 Å². The lowest BCUT2D eigenvalue weighted by Crippen LogP contribution is -2.33. The van der Waals surface area contributed by atoms with Crippen LogP contribution < -0.4 is 0 Å². The fourth-order valence-corrected chi connectivity index (χ4v) is 3.55. The van der Waals surface area contributed by atoms with Crippen LogP contribution in [0.5, 0.6) is 0 Å². The summed E-state index contributed by atoms with van der Waals surface area (Å²) in [6.07, 6.45) is 3.28. The normalized spacial score (nSPS) is 13.0. The number of hydrogen-bond donors (Lipinski definition) is 0. The number of fused-ring (bicyclic) bond motifs is 1. The number of hydrogen-bond acceptors (Lipinski definition) is 6. The number of imide groups is 1. The molecule has 0 bridgehead atoms. The number of nitrogens with zero attached hydrogens (tertiary/aromatic N) is 3. The molecule has 2 heterocycles. The van der Waals surface area contributed by atoms with Crippen LogP contribution >= 0.6 is 11.8 Å². The van der Waals surface area contributed by atoms with Gasteiger partial charge in [-0.3, -0.25) is 14.2 Å². The summed E-state index contributed by atoms with van der Waals surface area (Å²) in [6, 6.07) is 15.8. The molecule has 0 fully saturated rings. The van der Waals surface area contributed by atoms with E-state index in [-0.39, 0.29) is 5.69 Å². The van der Waals surface area contributed by atoms with E-state index < -0.39 is 24.5 Å². The number of imidazole rings is 1. The van der Waals surface area contributed by atoms with E-state index in [4.69, 9.17) is 4.74 Å². The molecule has 4 rings (SSSR count). The first kappa shape index (κ1) is 18.0. The van der Waals surface area contributed by atoms with Crippen LogP contribution in [0.2, 0.25) is 0 Å². The highest BCUT2D eigenvalue weighted by Crippen LogP contribution is 2.24. The second-order valence-corrected chi connectivity index (χ2v) is 6.72. The number of ether oxygens (including phenoxy) is 1. The summed E-state index contributed by atoms with van der Waals surface area (Å²) in [5.74, 6) is -1.63. The molecule has 0 saturated heterocycles. The molecule has 1 aromatic heterocycles. The van der Waals surface area contributed by atoms with Crippen LogP contribution in [0.25, 0.3) is 5.69 Å². The van der Waals surface area contributed by atoms with E-state index in [2.05, 4.69) is 4.98 Å². The van der Waals surface area contributed by atoms with E-state index in [1.807, 2.05) is 36.6 Å². The third-order valence-electron chi connectivity index (χ3n) is 4.34. The minimum atomic E-state index is -0.673. The number of rotatable bonds is 5. The molecule has 0 spiro atoms. The fraction of sp³-hybridized carbons (Fsp3) is 0.100. The zero-order valence-corrected chi connectivity index (χ0v) is 15.7. The van der Waals surface area contributed by atoms with Gasteiger partial charge < -0.3 is 4.74 Å². The van der Waals surface area contributed by atoms with Gasteiger partial charge in [0.2, 0.25) is 0 Å². The summed E-state index contributed by atoms with van der Waals surface area (Å²) in [4.78, 5) is 42.6. The first-order valence-electron chi connectivity index (χ1n) is 8.41. The lowest BCUT2D eigenvalue weighted by molar-refractivity contribution is 0.0221. The first-order valence-corrected chi connectivity index (χ1v) is 9.64. The van der Waals surface area contributed by atoms with E-state index in [0.29, 0.717) is 16.3 Å². The van der Waals surface area contributed by atoms with Crippen molar-refractivity contribution in [3.8, 4) is 5.69 Å². The van der Waals surface area contributed by atoms with Crippen molar-refractivity contribution in [1.29, 1.82) is 0 Å².